The Labute approximate surface area is 121 Å². The van der Waals surface area contributed by atoms with Gasteiger partial charge in [-0.3, -0.25) is 0 Å². The highest BCUT2D eigenvalue weighted by molar-refractivity contribution is 5.29. The molecule has 106 valence electrons. The Morgan fingerprint density at radius 2 is 1.40 bits per heavy atom. The first kappa shape index (κ1) is 11.8. The lowest BCUT2D eigenvalue weighted by Crippen LogP contribution is -2.59. The molecule has 1 nitrogen and oxygen atoms in total. The van der Waals surface area contributed by atoms with E-state index < -0.39 is 0 Å². The van der Waals surface area contributed by atoms with Crippen LogP contribution in [0.1, 0.15) is 50.0 Å². The lowest BCUT2D eigenvalue weighted by atomic mass is 9.48. The molecule has 6 rings (SSSR count). The summed E-state index contributed by atoms with van der Waals surface area (Å²) in [5.41, 5.74) is 1.15. The molecule has 0 spiro atoms. The molecule has 0 saturated heterocycles. The Morgan fingerprint density at radius 3 is 2.00 bits per heavy atom. The average molecular weight is 268 g/mol. The second-order valence-corrected chi connectivity index (χ2v) is 8.05. The predicted octanol–water partition coefficient (Wildman–Crippen LogP) is 3.98. The number of rotatable bonds is 2. The van der Waals surface area contributed by atoms with Crippen molar-refractivity contribution in [2.24, 2.45) is 29.6 Å². The van der Waals surface area contributed by atoms with E-state index in [9.17, 15) is 5.11 Å². The van der Waals surface area contributed by atoms with Crippen molar-refractivity contribution in [1.29, 1.82) is 0 Å². The largest absolute Gasteiger partial charge is 0.389 e. The molecule has 1 aromatic carbocycles. The molecule has 5 fully saturated rings. The van der Waals surface area contributed by atoms with Crippen molar-refractivity contribution >= 4 is 0 Å². The van der Waals surface area contributed by atoms with Crippen LogP contribution in [0.15, 0.2) is 30.3 Å². The topological polar surface area (TPSA) is 20.2 Å². The molecule has 2 unspecified atom stereocenters. The van der Waals surface area contributed by atoms with Gasteiger partial charge in [-0.15, -0.1) is 0 Å². The van der Waals surface area contributed by atoms with Crippen LogP contribution in [0.5, 0.6) is 0 Å². The quantitative estimate of drug-likeness (QED) is 0.860. The highest BCUT2D eigenvalue weighted by Gasteiger charge is 2.64. The predicted molar refractivity (Wildman–Crippen MR) is 79.3 cm³/mol. The minimum Gasteiger partial charge on any atom is -0.389 e. The molecule has 1 heteroatoms. The van der Waals surface area contributed by atoms with Gasteiger partial charge in [0, 0.05) is 0 Å². The van der Waals surface area contributed by atoms with E-state index in [2.05, 4.69) is 30.3 Å². The maximum absolute atomic E-state index is 11.6. The third-order valence-electron chi connectivity index (χ3n) is 7.06. The second-order valence-electron chi connectivity index (χ2n) is 8.05. The van der Waals surface area contributed by atoms with E-state index in [1.165, 1.54) is 44.1 Å². The summed E-state index contributed by atoms with van der Waals surface area (Å²) >= 11 is 0. The van der Waals surface area contributed by atoms with Gasteiger partial charge in [0.25, 0.3) is 0 Å². The van der Waals surface area contributed by atoms with E-state index in [1.54, 1.807) is 0 Å². The third kappa shape index (κ3) is 1.48. The Hall–Kier alpha value is -0.820. The van der Waals surface area contributed by atoms with Crippen molar-refractivity contribution < 1.29 is 5.11 Å². The molecule has 5 aliphatic rings. The molecule has 0 radical (unpaired) electrons. The maximum atomic E-state index is 11.6. The first-order valence-corrected chi connectivity index (χ1v) is 8.52. The van der Waals surface area contributed by atoms with E-state index in [0.29, 0.717) is 23.7 Å². The fraction of sp³-hybridized carbons (Fsp3) is 0.684. The number of benzene rings is 1. The Balaban J connectivity index is 1.44. The van der Waals surface area contributed by atoms with Gasteiger partial charge >= 0.3 is 0 Å². The van der Waals surface area contributed by atoms with Crippen molar-refractivity contribution in [3.8, 4) is 0 Å². The van der Waals surface area contributed by atoms with Crippen LogP contribution < -0.4 is 0 Å². The van der Waals surface area contributed by atoms with Crippen LogP contribution in [0.25, 0.3) is 0 Å². The first-order chi connectivity index (χ1) is 9.75. The highest BCUT2D eigenvalue weighted by atomic mass is 16.3. The smallest absolute Gasteiger partial charge is 0.0738 e. The van der Waals surface area contributed by atoms with Crippen LogP contribution in [0, 0.1) is 29.6 Å². The highest BCUT2D eigenvalue weighted by Crippen LogP contribution is 2.67. The minimum absolute atomic E-state index is 0.312. The van der Waals surface area contributed by atoms with Gasteiger partial charge in [-0.2, -0.15) is 0 Å². The van der Waals surface area contributed by atoms with Crippen LogP contribution in [0.4, 0.5) is 0 Å². The standard InChI is InChI=1S/C19H24O/c20-19(18-11-17(18)14-4-2-1-3-5-14)15-7-12-6-13(9-15)10-16(19)8-12/h1-5,12-13,15-18,20H,6-11H2. The molecule has 1 aromatic rings. The van der Waals surface area contributed by atoms with Gasteiger partial charge < -0.3 is 5.11 Å². The number of aliphatic hydroxyl groups is 1. The number of hydrogen-bond acceptors (Lipinski definition) is 1. The Morgan fingerprint density at radius 1 is 0.800 bits per heavy atom. The summed E-state index contributed by atoms with van der Waals surface area (Å²) in [6.07, 6.45) is 7.98. The molecule has 5 aliphatic carbocycles. The molecule has 20 heavy (non-hydrogen) atoms. The second kappa shape index (κ2) is 3.88. The lowest BCUT2D eigenvalue weighted by molar-refractivity contribution is -0.185. The van der Waals surface area contributed by atoms with E-state index in [0.717, 1.165) is 11.8 Å². The molecule has 4 bridgehead atoms. The zero-order chi connectivity index (χ0) is 13.3. The molecule has 5 saturated carbocycles. The van der Waals surface area contributed by atoms with Crippen molar-refractivity contribution in [2.75, 3.05) is 0 Å². The van der Waals surface area contributed by atoms with Crippen molar-refractivity contribution in [1.82, 2.24) is 0 Å². The van der Waals surface area contributed by atoms with Crippen molar-refractivity contribution in [3.63, 3.8) is 0 Å². The van der Waals surface area contributed by atoms with Crippen molar-refractivity contribution in [3.05, 3.63) is 35.9 Å². The fourth-order valence-electron chi connectivity index (χ4n) is 6.32. The molecule has 0 heterocycles. The van der Waals surface area contributed by atoms with Crippen LogP contribution in [0.2, 0.25) is 0 Å². The Kier molecular flexibility index (Phi) is 2.29. The zero-order valence-electron chi connectivity index (χ0n) is 12.0. The summed E-state index contributed by atoms with van der Waals surface area (Å²) in [6, 6.07) is 10.9. The molecule has 2 atom stereocenters. The molecular formula is C19H24O. The van der Waals surface area contributed by atoms with Gasteiger partial charge in [-0.05, 0) is 79.6 Å². The van der Waals surface area contributed by atoms with Gasteiger partial charge in [0.15, 0.2) is 0 Å². The van der Waals surface area contributed by atoms with E-state index in [1.807, 2.05) is 0 Å². The van der Waals surface area contributed by atoms with Gasteiger partial charge in [-0.25, -0.2) is 0 Å². The van der Waals surface area contributed by atoms with E-state index in [4.69, 9.17) is 0 Å². The number of hydrogen-bond donors (Lipinski definition) is 1. The zero-order valence-corrected chi connectivity index (χ0v) is 12.0. The summed E-state index contributed by atoms with van der Waals surface area (Å²) < 4.78 is 0. The minimum atomic E-state index is -0.312. The monoisotopic (exact) mass is 268 g/mol. The molecule has 1 N–H and O–H groups in total. The van der Waals surface area contributed by atoms with Gasteiger partial charge in [0.05, 0.1) is 5.60 Å². The summed E-state index contributed by atoms with van der Waals surface area (Å²) in [7, 11) is 0. The Bertz CT molecular complexity index is 492. The summed E-state index contributed by atoms with van der Waals surface area (Å²) in [4.78, 5) is 0. The summed E-state index contributed by atoms with van der Waals surface area (Å²) in [6.45, 7) is 0. The van der Waals surface area contributed by atoms with E-state index >= 15 is 0 Å². The summed E-state index contributed by atoms with van der Waals surface area (Å²) in [5, 5.41) is 11.6. The first-order valence-electron chi connectivity index (χ1n) is 8.52. The molecule has 0 aromatic heterocycles. The van der Waals surface area contributed by atoms with Crippen LogP contribution >= 0.6 is 0 Å². The van der Waals surface area contributed by atoms with Gasteiger partial charge in [-0.1, -0.05) is 30.3 Å². The van der Waals surface area contributed by atoms with Crippen molar-refractivity contribution in [2.45, 2.75) is 50.0 Å². The van der Waals surface area contributed by atoms with Gasteiger partial charge in [0.2, 0.25) is 0 Å². The third-order valence-corrected chi connectivity index (χ3v) is 7.06. The van der Waals surface area contributed by atoms with Gasteiger partial charge in [0.1, 0.15) is 0 Å². The fourth-order valence-corrected chi connectivity index (χ4v) is 6.32. The lowest BCUT2D eigenvalue weighted by Gasteiger charge is -2.59. The van der Waals surface area contributed by atoms with E-state index in [-0.39, 0.29) is 5.60 Å². The normalized spacial score (nSPS) is 52.2. The molecule has 0 amide bonds. The SMILES string of the molecule is OC1(C2CC2c2ccccc2)C2CC3CC(C2)CC1C3. The summed E-state index contributed by atoms with van der Waals surface area (Å²) in [5.74, 6) is 4.34. The molecular weight excluding hydrogens is 244 g/mol. The average Bonchev–Trinajstić information content (AvgIpc) is 3.26. The van der Waals surface area contributed by atoms with Crippen LogP contribution in [-0.2, 0) is 0 Å². The maximum Gasteiger partial charge on any atom is 0.0738 e. The molecule has 0 aliphatic heterocycles. The van der Waals surface area contributed by atoms with Crippen LogP contribution in [-0.4, -0.2) is 10.7 Å². The van der Waals surface area contributed by atoms with Crippen LogP contribution in [0.3, 0.4) is 0 Å².